The van der Waals surface area contributed by atoms with E-state index in [1.807, 2.05) is 0 Å². The van der Waals surface area contributed by atoms with Crippen molar-refractivity contribution in [3.05, 3.63) is 35.9 Å². The van der Waals surface area contributed by atoms with E-state index >= 15 is 0 Å². The molecule has 2 saturated heterocycles. The maximum atomic E-state index is 14.5. The van der Waals surface area contributed by atoms with E-state index in [1.54, 1.807) is 117 Å². The summed E-state index contributed by atoms with van der Waals surface area (Å²) in [6.45, 7) is 13.6. The molecule has 3 unspecified atom stereocenters. The number of ether oxygens (including phenoxy) is 1. The molecule has 1 aromatic rings. The minimum atomic E-state index is -1.32. The molecule has 2 aliphatic rings. The number of nitrogens with zero attached hydrogens (tertiary/aromatic N) is 4. The molecule has 0 aliphatic carbocycles. The molecule has 17 heteroatoms. The molecule has 0 bridgehead atoms. The third kappa shape index (κ3) is 10.8. The summed E-state index contributed by atoms with van der Waals surface area (Å²) < 4.78 is 5.45. The van der Waals surface area contributed by atoms with Gasteiger partial charge in [-0.3, -0.25) is 38.5 Å². The molecule has 2 fully saturated rings. The van der Waals surface area contributed by atoms with E-state index in [-0.39, 0.29) is 31.8 Å². The summed E-state index contributed by atoms with van der Waals surface area (Å²) in [6.07, 6.45) is -0.372. The van der Waals surface area contributed by atoms with Crippen molar-refractivity contribution < 1.29 is 43.1 Å². The molecule has 3 rings (SSSR count). The highest BCUT2D eigenvalue weighted by molar-refractivity contribution is 6.38. The van der Waals surface area contributed by atoms with Crippen molar-refractivity contribution in [2.24, 2.45) is 5.41 Å². The van der Waals surface area contributed by atoms with Crippen molar-refractivity contribution in [3.63, 3.8) is 0 Å². The van der Waals surface area contributed by atoms with E-state index in [9.17, 15) is 38.4 Å². The average Bonchev–Trinajstić information content (AvgIpc) is 3.62. The van der Waals surface area contributed by atoms with Crippen LogP contribution in [-0.2, 0) is 38.3 Å². The fourth-order valence-corrected chi connectivity index (χ4v) is 7.02. The molecule has 310 valence electrons. The summed E-state index contributed by atoms with van der Waals surface area (Å²) in [5.74, 6) is -4.75. The van der Waals surface area contributed by atoms with Gasteiger partial charge in [0, 0.05) is 27.1 Å². The quantitative estimate of drug-likeness (QED) is 0.197. The van der Waals surface area contributed by atoms with Crippen LogP contribution in [0.3, 0.4) is 0 Å². The van der Waals surface area contributed by atoms with E-state index in [0.29, 0.717) is 18.5 Å². The molecule has 5 atom stereocenters. The fraction of sp³-hybridized carbons (Fsp3) is 0.641. The number of hydrogen-bond donors (Lipinski definition) is 4. The Morgan fingerprint density at radius 1 is 0.946 bits per heavy atom. The lowest BCUT2D eigenvalue weighted by molar-refractivity contribution is -0.144. The molecule has 0 aromatic heterocycles. The second-order valence-corrected chi connectivity index (χ2v) is 16.6. The first-order chi connectivity index (χ1) is 26.0. The standard InChI is InChI=1S/C39H60N8O9/c1-12-17-25(30(50)33(52)40-21-27(48)42-29(34(53)44(9)10)24-18-15-14-16-19-24)41-32(51)26-20-39(45(11)22-28(49)47(39)13-2)23-46(26)35(54)31(37(3,4)5)43-36(55)56-38(6,7)8/h14-16,18-19,25-26,29,31H,12-13,17,20-23H2,1-11H3,(H,40,52)(H,41,51)(H,42,48)(H,43,55)/t25?,26-,29?,31+,39?/m0/s1. The van der Waals surface area contributed by atoms with Crippen LogP contribution in [-0.4, -0.2) is 144 Å². The van der Waals surface area contributed by atoms with E-state index in [4.69, 9.17) is 4.74 Å². The molecule has 56 heavy (non-hydrogen) atoms. The van der Waals surface area contributed by atoms with Gasteiger partial charge in [-0.05, 0) is 52.1 Å². The van der Waals surface area contributed by atoms with Crippen molar-refractivity contribution in [1.29, 1.82) is 0 Å². The number of carbonyl (C=O) groups excluding carboxylic acids is 8. The normalized spacial score (nSPS) is 20.2. The van der Waals surface area contributed by atoms with Gasteiger partial charge in [0.15, 0.2) is 0 Å². The summed E-state index contributed by atoms with van der Waals surface area (Å²) in [5, 5.41) is 10.3. The first kappa shape index (κ1) is 45.3. The van der Waals surface area contributed by atoms with Gasteiger partial charge in [0.1, 0.15) is 29.4 Å². The van der Waals surface area contributed by atoms with Crippen LogP contribution >= 0.6 is 0 Å². The summed E-state index contributed by atoms with van der Waals surface area (Å²) in [5.41, 5.74) is -2.23. The van der Waals surface area contributed by atoms with Gasteiger partial charge < -0.3 is 40.7 Å². The zero-order valence-electron chi connectivity index (χ0n) is 34.6. The first-order valence-corrected chi connectivity index (χ1v) is 19.0. The van der Waals surface area contributed by atoms with Gasteiger partial charge >= 0.3 is 6.09 Å². The summed E-state index contributed by atoms with van der Waals surface area (Å²) >= 11 is 0. The van der Waals surface area contributed by atoms with Gasteiger partial charge in [-0.1, -0.05) is 64.4 Å². The minimum absolute atomic E-state index is 0.00237. The average molecular weight is 785 g/mol. The molecule has 1 spiro atoms. The Kier molecular flexibility index (Phi) is 14.8. The molecule has 17 nitrogen and oxygen atoms in total. The van der Waals surface area contributed by atoms with Crippen LogP contribution in [0.2, 0.25) is 0 Å². The van der Waals surface area contributed by atoms with E-state index in [1.165, 1.54) is 9.80 Å². The van der Waals surface area contributed by atoms with E-state index in [2.05, 4.69) is 21.3 Å². The highest BCUT2D eigenvalue weighted by Crippen LogP contribution is 2.40. The number of rotatable bonds is 14. The molecule has 1 aromatic carbocycles. The van der Waals surface area contributed by atoms with Crippen LogP contribution in [0.15, 0.2) is 30.3 Å². The number of carbonyl (C=O) groups is 8. The molecule has 0 radical (unpaired) electrons. The van der Waals surface area contributed by atoms with Crippen molar-refractivity contribution in [2.45, 2.75) is 110 Å². The molecule has 0 saturated carbocycles. The molecular weight excluding hydrogens is 724 g/mol. The zero-order chi connectivity index (χ0) is 42.3. The SMILES string of the molecule is CCCC(NC(=O)[C@@H]1CC2(CN1C(=O)[C@@H](NC(=O)OC(C)(C)C)C(C)(C)C)N(C)CC(=O)N2CC)C(=O)C(=O)NCC(=O)NC(C(=O)N(C)C)c1ccccc1. The minimum Gasteiger partial charge on any atom is -0.444 e. The molecule has 2 heterocycles. The summed E-state index contributed by atoms with van der Waals surface area (Å²) in [7, 11) is 4.82. The summed E-state index contributed by atoms with van der Waals surface area (Å²) in [6, 6.07) is 3.84. The van der Waals surface area contributed by atoms with Crippen LogP contribution in [0.1, 0.15) is 86.3 Å². The van der Waals surface area contributed by atoms with Gasteiger partial charge in [0.05, 0.1) is 25.7 Å². The highest BCUT2D eigenvalue weighted by Gasteiger charge is 2.59. The second kappa shape index (κ2) is 18.3. The maximum absolute atomic E-state index is 14.5. The van der Waals surface area contributed by atoms with Gasteiger partial charge in [-0.2, -0.15) is 0 Å². The van der Waals surface area contributed by atoms with E-state index < -0.39 is 88.8 Å². The number of alkyl carbamates (subject to hydrolysis) is 1. The number of likely N-dealkylation sites (tertiary alicyclic amines) is 1. The molecule has 7 amide bonds. The van der Waals surface area contributed by atoms with Crippen molar-refractivity contribution in [2.75, 3.05) is 47.3 Å². The number of Topliss-reactive ketones (excluding diaryl/α,β-unsaturated/α-hetero) is 1. The first-order valence-electron chi connectivity index (χ1n) is 19.0. The third-order valence-electron chi connectivity index (χ3n) is 9.85. The molecule has 2 aliphatic heterocycles. The Hall–Kier alpha value is -5.06. The number of amides is 7. The van der Waals surface area contributed by atoms with Gasteiger partial charge in [0.25, 0.3) is 5.91 Å². The number of hydrogen-bond acceptors (Lipinski definition) is 10. The lowest BCUT2D eigenvalue weighted by Crippen LogP contribution is -2.60. The van der Waals surface area contributed by atoms with Crippen LogP contribution < -0.4 is 21.3 Å². The Morgan fingerprint density at radius 2 is 1.57 bits per heavy atom. The Balaban J connectivity index is 1.85. The van der Waals surface area contributed by atoms with Crippen molar-refractivity contribution in [1.82, 2.24) is 40.9 Å². The maximum Gasteiger partial charge on any atom is 0.408 e. The number of likely N-dealkylation sites (N-methyl/N-ethyl adjacent to an activating group) is 3. The van der Waals surface area contributed by atoms with Gasteiger partial charge in [0.2, 0.25) is 35.3 Å². The fourth-order valence-electron chi connectivity index (χ4n) is 7.02. The van der Waals surface area contributed by atoms with Crippen LogP contribution in [0.5, 0.6) is 0 Å². The monoisotopic (exact) mass is 784 g/mol. The lowest BCUT2D eigenvalue weighted by Gasteiger charge is -2.39. The van der Waals surface area contributed by atoms with Gasteiger partial charge in [-0.25, -0.2) is 4.79 Å². The van der Waals surface area contributed by atoms with Crippen LogP contribution in [0, 0.1) is 5.41 Å². The van der Waals surface area contributed by atoms with Gasteiger partial charge in [-0.15, -0.1) is 0 Å². The van der Waals surface area contributed by atoms with Crippen molar-refractivity contribution in [3.8, 4) is 0 Å². The second-order valence-electron chi connectivity index (χ2n) is 16.6. The Morgan fingerprint density at radius 3 is 2.11 bits per heavy atom. The molecule has 4 N–H and O–H groups in total. The predicted octanol–water partition coefficient (Wildman–Crippen LogP) is 0.933. The van der Waals surface area contributed by atoms with E-state index in [0.717, 1.165) is 0 Å². The highest BCUT2D eigenvalue weighted by atomic mass is 16.6. The van der Waals surface area contributed by atoms with Crippen LogP contribution in [0.25, 0.3) is 0 Å². The number of nitrogens with one attached hydrogen (secondary N) is 4. The smallest absolute Gasteiger partial charge is 0.408 e. The topological polar surface area (TPSA) is 207 Å². The Labute approximate surface area is 329 Å². The lowest BCUT2D eigenvalue weighted by atomic mass is 9.85. The number of benzene rings is 1. The van der Waals surface area contributed by atoms with Crippen LogP contribution in [0.4, 0.5) is 4.79 Å². The molecular formula is C39H60N8O9. The largest absolute Gasteiger partial charge is 0.444 e. The number of ketones is 1. The predicted molar refractivity (Wildman–Crippen MR) is 206 cm³/mol. The zero-order valence-corrected chi connectivity index (χ0v) is 34.6. The third-order valence-corrected chi connectivity index (χ3v) is 9.85. The van der Waals surface area contributed by atoms with Crippen molar-refractivity contribution >= 4 is 47.3 Å². The Bertz CT molecular complexity index is 1660. The summed E-state index contributed by atoms with van der Waals surface area (Å²) in [4.78, 5) is 113.